The number of hydrogen-bond acceptors (Lipinski definition) is 6. The fourth-order valence-corrected chi connectivity index (χ4v) is 3.33. The summed E-state index contributed by atoms with van der Waals surface area (Å²) >= 11 is 6.92. The van der Waals surface area contributed by atoms with Crippen molar-refractivity contribution in [3.8, 4) is 11.5 Å². The van der Waals surface area contributed by atoms with Crippen LogP contribution in [0.1, 0.15) is 5.56 Å². The predicted molar refractivity (Wildman–Crippen MR) is 98.2 cm³/mol. The first kappa shape index (κ1) is 20.6. The van der Waals surface area contributed by atoms with E-state index in [0.29, 0.717) is 11.5 Å². The summed E-state index contributed by atoms with van der Waals surface area (Å²) in [4.78, 5) is 0. The highest BCUT2D eigenvalue weighted by Gasteiger charge is 2.32. The van der Waals surface area contributed by atoms with Gasteiger partial charge in [0.2, 0.25) is 0 Å². The lowest BCUT2D eigenvalue weighted by Crippen LogP contribution is -2.20. The van der Waals surface area contributed by atoms with Crippen molar-refractivity contribution in [3.05, 3.63) is 47.1 Å². The smallest absolute Gasteiger partial charge is 0.417 e. The number of halogens is 4. The molecule has 0 spiro atoms. The molecule has 0 aliphatic carbocycles. The van der Waals surface area contributed by atoms with Gasteiger partial charge >= 0.3 is 6.18 Å². The third kappa shape index (κ3) is 4.81. The highest BCUT2D eigenvalue weighted by atomic mass is 35.5. The number of methoxy groups -OCH3 is 1. The molecule has 0 aliphatic rings. The average Bonchev–Trinajstić information content (AvgIpc) is 3.08. The molecule has 0 radical (unpaired) electrons. The maximum atomic E-state index is 13.0. The zero-order valence-electron chi connectivity index (χ0n) is 14.5. The van der Waals surface area contributed by atoms with Crippen molar-refractivity contribution in [2.45, 2.75) is 17.4 Å². The van der Waals surface area contributed by atoms with E-state index in [9.17, 15) is 18.3 Å². The van der Waals surface area contributed by atoms with Gasteiger partial charge in [-0.15, -0.1) is 10.2 Å². The quantitative estimate of drug-likeness (QED) is 0.569. The molecule has 150 valence electrons. The molecule has 3 rings (SSSR count). The molecule has 0 saturated heterocycles. The fraction of sp³-hybridized carbons (Fsp3) is 0.294. The number of benzene rings is 1. The summed E-state index contributed by atoms with van der Waals surface area (Å²) in [7, 11) is 1.55. The molecule has 0 amide bonds. The summed E-state index contributed by atoms with van der Waals surface area (Å²) < 4.78 is 50.6. The summed E-state index contributed by atoms with van der Waals surface area (Å²) in [6, 6.07) is 7.65. The van der Waals surface area contributed by atoms with Gasteiger partial charge in [0.25, 0.3) is 0 Å². The van der Waals surface area contributed by atoms with E-state index in [-0.39, 0.29) is 28.2 Å². The van der Waals surface area contributed by atoms with Gasteiger partial charge in [-0.1, -0.05) is 23.4 Å². The summed E-state index contributed by atoms with van der Waals surface area (Å²) in [6.07, 6.45) is -4.54. The number of aliphatic hydroxyl groups excluding tert-OH is 1. The Morgan fingerprint density at radius 3 is 2.54 bits per heavy atom. The van der Waals surface area contributed by atoms with Crippen LogP contribution in [0.2, 0.25) is 5.02 Å². The minimum absolute atomic E-state index is 0.00459. The summed E-state index contributed by atoms with van der Waals surface area (Å²) in [6.45, 7) is 0.00459. The van der Waals surface area contributed by atoms with Crippen LogP contribution in [0.15, 0.2) is 41.7 Å². The molecule has 1 N–H and O–H groups in total. The first-order valence-electron chi connectivity index (χ1n) is 7.97. The molecular weight excluding hydrogens is 419 g/mol. The minimum atomic E-state index is -4.55. The van der Waals surface area contributed by atoms with Gasteiger partial charge in [0.15, 0.2) is 10.8 Å². The summed E-state index contributed by atoms with van der Waals surface area (Å²) in [5.41, 5.74) is -0.795. The molecule has 1 aromatic carbocycles. The van der Waals surface area contributed by atoms with Crippen molar-refractivity contribution in [2.24, 2.45) is 0 Å². The van der Waals surface area contributed by atoms with E-state index in [4.69, 9.17) is 21.1 Å². The van der Waals surface area contributed by atoms with Gasteiger partial charge in [-0.25, -0.2) is 0 Å². The van der Waals surface area contributed by atoms with Crippen molar-refractivity contribution in [1.29, 1.82) is 0 Å². The van der Waals surface area contributed by atoms with Crippen LogP contribution in [-0.2, 0) is 6.18 Å². The Hall–Kier alpha value is -2.17. The second-order valence-corrected chi connectivity index (χ2v) is 7.10. The van der Waals surface area contributed by atoms with E-state index in [2.05, 4.69) is 10.2 Å². The molecular formula is C17H15ClF3N3O3S. The predicted octanol–water partition coefficient (Wildman–Crippen LogP) is 3.94. The number of aromatic nitrogens is 3. The lowest BCUT2D eigenvalue weighted by Gasteiger charge is -2.12. The molecule has 2 heterocycles. The second kappa shape index (κ2) is 8.46. The molecule has 0 aliphatic heterocycles. The Bertz CT molecular complexity index is 950. The number of hydrogen-bond donors (Lipinski definition) is 1. The Morgan fingerprint density at radius 1 is 1.21 bits per heavy atom. The third-order valence-corrected chi connectivity index (χ3v) is 5.03. The minimum Gasteiger partial charge on any atom is -0.497 e. The van der Waals surface area contributed by atoms with Gasteiger partial charge in [0, 0.05) is 11.9 Å². The molecule has 0 saturated carbocycles. The van der Waals surface area contributed by atoms with Crippen molar-refractivity contribution in [3.63, 3.8) is 0 Å². The third-order valence-electron chi connectivity index (χ3n) is 3.66. The van der Waals surface area contributed by atoms with Crippen LogP contribution in [0.3, 0.4) is 0 Å². The van der Waals surface area contributed by atoms with Crippen LogP contribution in [-0.4, -0.2) is 45.3 Å². The molecule has 1 atom stereocenters. The first-order valence-corrected chi connectivity index (χ1v) is 9.33. The van der Waals surface area contributed by atoms with Crippen molar-refractivity contribution < 1.29 is 27.8 Å². The van der Waals surface area contributed by atoms with Gasteiger partial charge in [0.05, 0.1) is 23.8 Å². The van der Waals surface area contributed by atoms with E-state index in [1.165, 1.54) is 0 Å². The van der Waals surface area contributed by atoms with E-state index in [1.54, 1.807) is 31.4 Å². The number of fused-ring (bicyclic) bond motifs is 1. The molecule has 0 bridgehead atoms. The standard InChI is InChI=1S/C17H15ClF3N3O3S/c1-26-12-2-4-13(5-3-12)27-8-11(25)9-28-16-23-22-15-14(18)6-10(7-24(15)16)17(19,20)21/h2-7,11,25H,8-9H2,1H3. The highest BCUT2D eigenvalue weighted by molar-refractivity contribution is 7.99. The van der Waals surface area contributed by atoms with Crippen LogP contribution in [0, 0.1) is 0 Å². The maximum absolute atomic E-state index is 13.0. The van der Waals surface area contributed by atoms with Crippen LogP contribution in [0.25, 0.3) is 5.65 Å². The average molecular weight is 434 g/mol. The number of thioether (sulfide) groups is 1. The molecule has 6 nitrogen and oxygen atoms in total. The number of alkyl halides is 3. The molecule has 11 heteroatoms. The van der Waals surface area contributed by atoms with E-state index < -0.39 is 17.8 Å². The van der Waals surface area contributed by atoms with E-state index in [0.717, 1.165) is 28.4 Å². The van der Waals surface area contributed by atoms with Gasteiger partial charge in [-0.3, -0.25) is 4.40 Å². The summed E-state index contributed by atoms with van der Waals surface area (Å²) in [5, 5.41) is 17.8. The van der Waals surface area contributed by atoms with Crippen LogP contribution in [0.5, 0.6) is 11.5 Å². The Labute approximate surface area is 167 Å². The molecule has 28 heavy (non-hydrogen) atoms. The monoisotopic (exact) mass is 433 g/mol. The van der Waals surface area contributed by atoms with Crippen molar-refractivity contribution in [2.75, 3.05) is 19.5 Å². The lowest BCUT2D eigenvalue weighted by molar-refractivity contribution is -0.137. The molecule has 3 aromatic rings. The normalized spacial score (nSPS) is 12.9. The highest BCUT2D eigenvalue weighted by Crippen LogP contribution is 2.33. The largest absolute Gasteiger partial charge is 0.497 e. The molecule has 0 fully saturated rings. The van der Waals surface area contributed by atoms with Gasteiger partial charge < -0.3 is 14.6 Å². The van der Waals surface area contributed by atoms with Crippen LogP contribution in [0.4, 0.5) is 13.2 Å². The maximum Gasteiger partial charge on any atom is 0.417 e. The van der Waals surface area contributed by atoms with Crippen LogP contribution >= 0.6 is 23.4 Å². The fourth-order valence-electron chi connectivity index (χ4n) is 2.27. The van der Waals surface area contributed by atoms with Gasteiger partial charge in [0.1, 0.15) is 18.1 Å². The zero-order chi connectivity index (χ0) is 20.3. The lowest BCUT2D eigenvalue weighted by atomic mass is 10.3. The summed E-state index contributed by atoms with van der Waals surface area (Å²) in [5.74, 6) is 1.38. The number of pyridine rings is 1. The van der Waals surface area contributed by atoms with E-state index >= 15 is 0 Å². The second-order valence-electron chi connectivity index (χ2n) is 5.70. The molecule has 2 aromatic heterocycles. The van der Waals surface area contributed by atoms with Crippen molar-refractivity contribution in [1.82, 2.24) is 14.6 Å². The van der Waals surface area contributed by atoms with Crippen LogP contribution < -0.4 is 9.47 Å². The number of aliphatic hydroxyl groups is 1. The number of rotatable bonds is 7. The molecule has 1 unspecified atom stereocenters. The Balaban J connectivity index is 1.63. The Kier molecular flexibility index (Phi) is 6.21. The first-order chi connectivity index (χ1) is 13.3. The van der Waals surface area contributed by atoms with E-state index in [1.807, 2.05) is 0 Å². The van der Waals surface area contributed by atoms with Gasteiger partial charge in [-0.05, 0) is 30.3 Å². The number of ether oxygens (including phenoxy) is 2. The van der Waals surface area contributed by atoms with Crippen molar-refractivity contribution >= 4 is 29.0 Å². The van der Waals surface area contributed by atoms with Gasteiger partial charge in [-0.2, -0.15) is 13.2 Å². The Morgan fingerprint density at radius 2 is 1.89 bits per heavy atom. The zero-order valence-corrected chi connectivity index (χ0v) is 16.1. The SMILES string of the molecule is COc1ccc(OCC(O)CSc2nnc3c(Cl)cc(C(F)(F)F)cn23)cc1. The topological polar surface area (TPSA) is 68.9 Å². The number of nitrogens with zero attached hydrogens (tertiary/aromatic N) is 3.